The van der Waals surface area contributed by atoms with Crippen molar-refractivity contribution in [3.63, 3.8) is 0 Å². The zero-order valence-electron chi connectivity index (χ0n) is 40.4. The minimum Gasteiger partial charge on any atom is -0.477 e. The molecule has 2 amide bonds. The molecule has 15 nitrogen and oxygen atoms in total. The lowest BCUT2D eigenvalue weighted by Crippen LogP contribution is -2.71. The third kappa shape index (κ3) is 11.6. The van der Waals surface area contributed by atoms with Crippen LogP contribution in [0, 0.1) is 0 Å². The number of carboxylic acids is 1. The number of esters is 1. The van der Waals surface area contributed by atoms with Crippen molar-refractivity contribution in [2.75, 3.05) is 44.1 Å². The first kappa shape index (κ1) is 52.1. The number of hydrogen-bond acceptors (Lipinski definition) is 14. The van der Waals surface area contributed by atoms with Crippen LogP contribution in [0.2, 0.25) is 0 Å². The number of aromatic nitrogens is 1. The van der Waals surface area contributed by atoms with Crippen molar-refractivity contribution in [2.45, 2.75) is 29.7 Å². The van der Waals surface area contributed by atoms with Gasteiger partial charge in [-0.15, -0.1) is 34.7 Å². The second kappa shape index (κ2) is 24.5. The normalized spacial score (nSPS) is 15.4. The van der Waals surface area contributed by atoms with Gasteiger partial charge in [0, 0.05) is 24.1 Å². The number of carbonyl (C=O) groups is 4. The molecule has 0 unspecified atom stereocenters. The number of fused-ring (bicyclic) bond motifs is 1. The molecule has 7 aromatic rings. The first-order valence-corrected chi connectivity index (χ1v) is 26.2. The number of anilines is 1. The number of nitrogens with zero attached hydrogens (tertiary/aromatic N) is 3. The van der Waals surface area contributed by atoms with Crippen molar-refractivity contribution in [3.8, 4) is 5.75 Å². The Bertz CT molecular complexity index is 3030. The highest BCUT2D eigenvalue weighted by atomic mass is 35.5. The average Bonchev–Trinajstić information content (AvgIpc) is 3.93. The fraction of sp³-hybridized carbons (Fsp3) is 0.193. The number of thiazole rings is 1. The summed E-state index contributed by atoms with van der Waals surface area (Å²) in [7, 11) is 1.56. The van der Waals surface area contributed by atoms with Gasteiger partial charge in [0.2, 0.25) is 0 Å². The van der Waals surface area contributed by atoms with Gasteiger partial charge in [0.1, 0.15) is 46.3 Å². The Hall–Kier alpha value is -7.80. The SMILES string of the molecule is COCCOCOc1ccc(CO/N=C(/C(=O)N[C@@H]2C(=O)N3C(C(=O)O)=C(CCl)CS[C@H]23)c2csc(NC(c3ccccc3)(c3ccccc3)c3ccccc3)n2)cc1C(=O)OC(c1ccccc1)c1ccccc1. The van der Waals surface area contributed by atoms with Gasteiger partial charge in [0.15, 0.2) is 23.7 Å². The number of methoxy groups -OCH3 is 1. The fourth-order valence-electron chi connectivity index (χ4n) is 8.77. The van der Waals surface area contributed by atoms with E-state index in [4.69, 9.17) is 40.4 Å². The first-order chi connectivity index (χ1) is 36.7. The zero-order valence-corrected chi connectivity index (χ0v) is 42.8. The molecule has 2 aliphatic heterocycles. The van der Waals surface area contributed by atoms with Crippen LogP contribution in [0.3, 0.4) is 0 Å². The minimum absolute atomic E-state index is 0.0692. The number of benzene rings is 6. The maximum absolute atomic E-state index is 14.6. The second-order valence-corrected chi connectivity index (χ2v) is 19.3. The highest BCUT2D eigenvalue weighted by Gasteiger charge is 2.54. The molecule has 9 rings (SSSR count). The van der Waals surface area contributed by atoms with Crippen molar-refractivity contribution in [2.24, 2.45) is 5.16 Å². The maximum atomic E-state index is 14.6. The van der Waals surface area contributed by atoms with Gasteiger partial charge in [-0.1, -0.05) is 163 Å². The second-order valence-electron chi connectivity index (χ2n) is 17.1. The number of nitrogens with one attached hydrogen (secondary N) is 2. The smallest absolute Gasteiger partial charge is 0.352 e. The van der Waals surface area contributed by atoms with Crippen LogP contribution in [0.1, 0.15) is 55.5 Å². The molecule has 6 aromatic carbocycles. The third-order valence-corrected chi connectivity index (χ3v) is 14.8. The van der Waals surface area contributed by atoms with Crippen LogP contribution in [0.15, 0.2) is 192 Å². The van der Waals surface area contributed by atoms with Crippen LogP contribution < -0.4 is 15.4 Å². The lowest BCUT2D eigenvalue weighted by molar-refractivity contribution is -0.150. The summed E-state index contributed by atoms with van der Waals surface area (Å²) in [6.07, 6.45) is -0.761. The number of aliphatic carboxylic acids is 1. The highest BCUT2D eigenvalue weighted by Crippen LogP contribution is 2.42. The molecule has 0 bridgehead atoms. The van der Waals surface area contributed by atoms with Crippen LogP contribution in [0.4, 0.5) is 5.13 Å². The summed E-state index contributed by atoms with van der Waals surface area (Å²) in [5.74, 6) is -3.03. The summed E-state index contributed by atoms with van der Waals surface area (Å²) in [6, 6.07) is 52.3. The first-order valence-electron chi connectivity index (χ1n) is 23.7. The van der Waals surface area contributed by atoms with E-state index in [1.807, 2.05) is 152 Å². The number of rotatable bonds is 23. The summed E-state index contributed by atoms with van der Waals surface area (Å²) < 4.78 is 22.8. The average molecular weight is 1060 g/mol. The van der Waals surface area contributed by atoms with Crippen LogP contribution >= 0.6 is 34.7 Å². The predicted octanol–water partition coefficient (Wildman–Crippen LogP) is 9.39. The topological polar surface area (TPSA) is 187 Å². The summed E-state index contributed by atoms with van der Waals surface area (Å²) in [4.78, 5) is 67.0. The number of oxime groups is 1. The van der Waals surface area contributed by atoms with Crippen molar-refractivity contribution in [1.29, 1.82) is 0 Å². The maximum Gasteiger partial charge on any atom is 0.352 e. The number of amides is 2. The summed E-state index contributed by atoms with van der Waals surface area (Å²) in [5.41, 5.74) is 3.91. The Morgan fingerprint density at radius 2 is 1.41 bits per heavy atom. The number of carboxylic acid groups (broad SMARTS) is 1. The van der Waals surface area contributed by atoms with Gasteiger partial charge in [0.05, 0.1) is 13.2 Å². The van der Waals surface area contributed by atoms with E-state index in [2.05, 4.69) is 15.8 Å². The standard InChI is InChI=1S/C57H50ClN5O10S2/c1-69-29-30-70-36-71-46-28-27-37(31-44(46)55(68)73-50(38-17-7-2-8-18-38)39-19-9-3-10-20-39)33-72-62-47(51(64)60-48-52(65)63-49(54(66)67)40(32-58)34-74-53(48)63)45-35-75-56(59-45)61-57(41-21-11-4-12-22-41,42-23-13-5-14-24-42)43-25-15-6-16-26-43/h2-28,31,35,48,50,53H,29-30,32-34,36H2,1H3,(H,59,61)(H,60,64)(H,66,67)/b62-47+/t48-,53-/m1/s1. The molecule has 1 aromatic heterocycles. The minimum atomic E-state index is -1.29. The Labute approximate surface area is 446 Å². The van der Waals surface area contributed by atoms with Crippen LogP contribution in [0.25, 0.3) is 0 Å². The number of halogens is 1. The largest absolute Gasteiger partial charge is 0.477 e. The van der Waals surface area contributed by atoms with Gasteiger partial charge in [-0.25, -0.2) is 14.6 Å². The van der Waals surface area contributed by atoms with E-state index in [1.165, 1.54) is 23.1 Å². The van der Waals surface area contributed by atoms with E-state index in [0.29, 0.717) is 22.9 Å². The third-order valence-electron chi connectivity index (χ3n) is 12.4. The molecule has 0 saturated carbocycles. The van der Waals surface area contributed by atoms with E-state index >= 15 is 0 Å². The summed E-state index contributed by atoms with van der Waals surface area (Å²) in [5, 5.41) is 22.3. The zero-order chi connectivity index (χ0) is 52.2. The molecule has 2 aliphatic rings. The summed E-state index contributed by atoms with van der Waals surface area (Å²) >= 11 is 8.61. The molecule has 75 heavy (non-hydrogen) atoms. The number of carbonyl (C=O) groups excluding carboxylic acids is 3. The van der Waals surface area contributed by atoms with Gasteiger partial charge < -0.3 is 39.5 Å². The number of alkyl halides is 1. The predicted molar refractivity (Wildman–Crippen MR) is 287 cm³/mol. The Balaban J connectivity index is 1.04. The van der Waals surface area contributed by atoms with Crippen LogP contribution in [0.5, 0.6) is 5.75 Å². The molecule has 18 heteroatoms. The number of thioether (sulfide) groups is 1. The Morgan fingerprint density at radius 1 is 0.827 bits per heavy atom. The molecular formula is C57H50ClN5O10S2. The molecule has 0 radical (unpaired) electrons. The van der Waals surface area contributed by atoms with Gasteiger partial charge in [-0.05, 0) is 51.1 Å². The van der Waals surface area contributed by atoms with Crippen molar-refractivity contribution in [1.82, 2.24) is 15.2 Å². The summed E-state index contributed by atoms with van der Waals surface area (Å²) in [6.45, 7) is 0.165. The van der Waals surface area contributed by atoms with Crippen LogP contribution in [-0.2, 0) is 45.6 Å². The molecule has 3 N–H and O–H groups in total. The van der Waals surface area contributed by atoms with E-state index in [0.717, 1.165) is 32.7 Å². The quantitative estimate of drug-likeness (QED) is 0.00805. The van der Waals surface area contributed by atoms with E-state index in [-0.39, 0.29) is 60.1 Å². The molecule has 3 heterocycles. The molecule has 2 atom stereocenters. The molecule has 0 spiro atoms. The van der Waals surface area contributed by atoms with Gasteiger partial charge in [0.25, 0.3) is 11.8 Å². The lowest BCUT2D eigenvalue weighted by Gasteiger charge is -2.49. The monoisotopic (exact) mass is 1060 g/mol. The van der Waals surface area contributed by atoms with Crippen molar-refractivity contribution < 1.29 is 48.1 Å². The molecule has 1 fully saturated rings. The van der Waals surface area contributed by atoms with Crippen LogP contribution in [-0.4, -0.2) is 94.6 Å². The van der Waals surface area contributed by atoms with E-state index in [9.17, 15) is 24.3 Å². The van der Waals surface area contributed by atoms with Crippen molar-refractivity contribution >= 4 is 69.3 Å². The van der Waals surface area contributed by atoms with E-state index in [1.54, 1.807) is 30.7 Å². The van der Waals surface area contributed by atoms with Gasteiger partial charge >= 0.3 is 11.9 Å². The molecule has 1 saturated heterocycles. The van der Waals surface area contributed by atoms with Gasteiger partial charge in [-0.2, -0.15) is 0 Å². The Morgan fingerprint density at radius 3 is 1.97 bits per heavy atom. The van der Waals surface area contributed by atoms with Gasteiger partial charge in [-0.3, -0.25) is 14.5 Å². The molecule has 0 aliphatic carbocycles. The number of ether oxygens (including phenoxy) is 4. The fourth-order valence-corrected chi connectivity index (χ4v) is 11.2. The lowest BCUT2D eigenvalue weighted by atomic mass is 9.77. The van der Waals surface area contributed by atoms with Crippen molar-refractivity contribution in [3.05, 3.63) is 231 Å². The number of β-lactam (4-membered cyclic amide) rings is 1. The molecule has 382 valence electrons. The number of hydrogen-bond donors (Lipinski definition) is 3. The molecular weight excluding hydrogens is 1010 g/mol. The van der Waals surface area contributed by atoms with E-state index < -0.39 is 46.8 Å². The Kier molecular flexibility index (Phi) is 17.0. The highest BCUT2D eigenvalue weighted by molar-refractivity contribution is 8.00.